The minimum absolute atomic E-state index is 0.00535. The number of hydrogen-bond acceptors (Lipinski definition) is 2. The van der Waals surface area contributed by atoms with Crippen molar-refractivity contribution in [1.82, 2.24) is 9.80 Å². The van der Waals surface area contributed by atoms with Crippen molar-refractivity contribution in [3.8, 4) is 0 Å². The highest BCUT2D eigenvalue weighted by Crippen LogP contribution is 2.36. The maximum atomic E-state index is 12.0. The van der Waals surface area contributed by atoms with Crippen LogP contribution >= 0.6 is 0 Å². The zero-order chi connectivity index (χ0) is 13.7. The van der Waals surface area contributed by atoms with E-state index in [0.29, 0.717) is 19.0 Å². The molecule has 0 aromatic heterocycles. The molecule has 2 fully saturated rings. The van der Waals surface area contributed by atoms with Crippen molar-refractivity contribution >= 4 is 12.0 Å². The van der Waals surface area contributed by atoms with Crippen LogP contribution in [0.4, 0.5) is 4.79 Å². The van der Waals surface area contributed by atoms with E-state index in [4.69, 9.17) is 5.11 Å². The van der Waals surface area contributed by atoms with Crippen LogP contribution < -0.4 is 0 Å². The largest absolute Gasteiger partial charge is 0.481 e. The van der Waals surface area contributed by atoms with Crippen molar-refractivity contribution in [3.05, 3.63) is 0 Å². The predicted molar refractivity (Wildman–Crippen MR) is 67.2 cm³/mol. The van der Waals surface area contributed by atoms with E-state index in [2.05, 4.69) is 20.8 Å². The number of urea groups is 1. The minimum Gasteiger partial charge on any atom is -0.481 e. The van der Waals surface area contributed by atoms with Crippen LogP contribution in [0.2, 0.25) is 0 Å². The summed E-state index contributed by atoms with van der Waals surface area (Å²) in [5.74, 6) is -0.267. The summed E-state index contributed by atoms with van der Waals surface area (Å²) in [7, 11) is 0. The Hall–Kier alpha value is -1.26. The number of hydrogen-bond donors (Lipinski definition) is 1. The number of carboxylic acids is 1. The number of likely N-dealkylation sites (tertiary alicyclic amines) is 2. The molecular weight excluding hydrogens is 232 g/mol. The first-order chi connectivity index (χ1) is 8.13. The number of amides is 2. The fraction of sp³-hybridized carbons (Fsp3) is 0.846. The Bertz CT molecular complexity index is 374. The van der Waals surface area contributed by atoms with E-state index in [0.717, 1.165) is 13.1 Å². The summed E-state index contributed by atoms with van der Waals surface area (Å²) in [6.07, 6.45) is 0. The first-order valence-corrected chi connectivity index (χ1v) is 6.41. The van der Waals surface area contributed by atoms with Gasteiger partial charge in [0, 0.05) is 26.2 Å². The molecule has 0 radical (unpaired) electrons. The van der Waals surface area contributed by atoms with Gasteiger partial charge in [0.05, 0.1) is 0 Å². The van der Waals surface area contributed by atoms with Gasteiger partial charge >= 0.3 is 12.0 Å². The normalized spacial score (nSPS) is 23.3. The fourth-order valence-electron chi connectivity index (χ4n) is 2.45. The van der Waals surface area contributed by atoms with Gasteiger partial charge in [-0.15, -0.1) is 0 Å². The van der Waals surface area contributed by atoms with Crippen LogP contribution in [0.1, 0.15) is 27.7 Å². The third-order valence-electron chi connectivity index (χ3n) is 4.24. The highest BCUT2D eigenvalue weighted by atomic mass is 16.4. The maximum Gasteiger partial charge on any atom is 0.320 e. The van der Waals surface area contributed by atoms with Crippen molar-refractivity contribution in [2.24, 2.45) is 16.7 Å². The molecule has 2 amide bonds. The van der Waals surface area contributed by atoms with Gasteiger partial charge in [0.2, 0.25) is 0 Å². The van der Waals surface area contributed by atoms with E-state index in [1.807, 2.05) is 4.90 Å². The lowest BCUT2D eigenvalue weighted by atomic mass is 9.76. The SMILES string of the molecule is CC1(C(=O)O)CN(C(=O)N2CC(C(C)(C)C)C2)C1. The molecule has 0 aromatic rings. The number of carboxylic acid groups (broad SMARTS) is 1. The Morgan fingerprint density at radius 2 is 1.67 bits per heavy atom. The number of aliphatic carboxylic acids is 1. The third kappa shape index (κ3) is 2.06. The van der Waals surface area contributed by atoms with Crippen LogP contribution in [0, 0.1) is 16.7 Å². The van der Waals surface area contributed by atoms with Crippen LogP contribution in [0.15, 0.2) is 0 Å². The molecule has 0 aliphatic carbocycles. The van der Waals surface area contributed by atoms with Gasteiger partial charge in [-0.2, -0.15) is 0 Å². The molecule has 18 heavy (non-hydrogen) atoms. The van der Waals surface area contributed by atoms with Crippen LogP contribution in [0.5, 0.6) is 0 Å². The van der Waals surface area contributed by atoms with Gasteiger partial charge in [0.15, 0.2) is 0 Å². The van der Waals surface area contributed by atoms with E-state index < -0.39 is 11.4 Å². The summed E-state index contributed by atoms with van der Waals surface area (Å²) >= 11 is 0. The quantitative estimate of drug-likeness (QED) is 0.771. The van der Waals surface area contributed by atoms with Crippen molar-refractivity contribution in [2.75, 3.05) is 26.2 Å². The molecule has 2 heterocycles. The zero-order valence-electron chi connectivity index (χ0n) is 11.6. The summed E-state index contributed by atoms with van der Waals surface area (Å²) in [5, 5.41) is 9.00. The zero-order valence-corrected chi connectivity index (χ0v) is 11.6. The topological polar surface area (TPSA) is 60.9 Å². The number of carbonyl (C=O) groups is 2. The molecule has 2 saturated heterocycles. The van der Waals surface area contributed by atoms with Crippen LogP contribution in [-0.4, -0.2) is 53.1 Å². The van der Waals surface area contributed by atoms with Gasteiger partial charge in [-0.1, -0.05) is 20.8 Å². The lowest BCUT2D eigenvalue weighted by Gasteiger charge is -2.52. The highest BCUT2D eigenvalue weighted by Gasteiger charge is 2.50. The fourth-order valence-corrected chi connectivity index (χ4v) is 2.45. The van der Waals surface area contributed by atoms with Gasteiger partial charge < -0.3 is 14.9 Å². The van der Waals surface area contributed by atoms with Gasteiger partial charge in [0.25, 0.3) is 0 Å². The number of carbonyl (C=O) groups excluding carboxylic acids is 1. The summed E-state index contributed by atoms with van der Waals surface area (Å²) in [6, 6.07) is -0.00535. The standard InChI is InChI=1S/C13H22N2O3/c1-12(2,3)9-5-14(6-9)11(18)15-7-13(4,8-15)10(16)17/h9H,5-8H2,1-4H3,(H,16,17). The maximum absolute atomic E-state index is 12.0. The van der Waals surface area contributed by atoms with Crippen molar-refractivity contribution in [2.45, 2.75) is 27.7 Å². The van der Waals surface area contributed by atoms with Crippen LogP contribution in [0.25, 0.3) is 0 Å². The monoisotopic (exact) mass is 254 g/mol. The van der Waals surface area contributed by atoms with Crippen molar-refractivity contribution in [1.29, 1.82) is 0 Å². The molecule has 2 aliphatic rings. The van der Waals surface area contributed by atoms with E-state index >= 15 is 0 Å². The van der Waals surface area contributed by atoms with E-state index in [-0.39, 0.29) is 11.4 Å². The molecule has 102 valence electrons. The van der Waals surface area contributed by atoms with Crippen molar-refractivity contribution in [3.63, 3.8) is 0 Å². The first-order valence-electron chi connectivity index (χ1n) is 6.41. The van der Waals surface area contributed by atoms with Crippen LogP contribution in [0.3, 0.4) is 0 Å². The molecule has 5 heteroatoms. The van der Waals surface area contributed by atoms with Crippen LogP contribution in [-0.2, 0) is 4.79 Å². The Morgan fingerprint density at radius 1 is 1.17 bits per heavy atom. The highest BCUT2D eigenvalue weighted by molar-refractivity contribution is 5.82. The van der Waals surface area contributed by atoms with Gasteiger partial charge in [-0.05, 0) is 18.3 Å². The molecular formula is C13H22N2O3. The molecule has 0 aromatic carbocycles. The molecule has 0 spiro atoms. The summed E-state index contributed by atoms with van der Waals surface area (Å²) < 4.78 is 0. The second-order valence-corrected chi connectivity index (χ2v) is 6.97. The molecule has 2 aliphatic heterocycles. The summed E-state index contributed by atoms with van der Waals surface area (Å²) in [6.45, 7) is 10.5. The van der Waals surface area contributed by atoms with Gasteiger partial charge in [-0.25, -0.2) is 4.79 Å². The summed E-state index contributed by atoms with van der Waals surface area (Å²) in [5.41, 5.74) is -0.509. The average molecular weight is 254 g/mol. The Balaban J connectivity index is 1.81. The Labute approximate surface area is 108 Å². The predicted octanol–water partition coefficient (Wildman–Crippen LogP) is 1.49. The molecule has 0 unspecified atom stereocenters. The second kappa shape index (κ2) is 3.87. The number of rotatable bonds is 1. The third-order valence-corrected chi connectivity index (χ3v) is 4.24. The minimum atomic E-state index is -0.817. The van der Waals surface area contributed by atoms with E-state index in [1.54, 1.807) is 11.8 Å². The molecule has 2 rings (SSSR count). The molecule has 5 nitrogen and oxygen atoms in total. The van der Waals surface area contributed by atoms with Gasteiger partial charge in [0.1, 0.15) is 5.41 Å². The van der Waals surface area contributed by atoms with E-state index in [1.165, 1.54) is 0 Å². The first kappa shape index (κ1) is 13.2. The average Bonchev–Trinajstić information content (AvgIpc) is 2.06. The van der Waals surface area contributed by atoms with Gasteiger partial charge in [-0.3, -0.25) is 4.79 Å². The molecule has 1 N–H and O–H groups in total. The lowest BCUT2D eigenvalue weighted by molar-refractivity contribution is -0.156. The van der Waals surface area contributed by atoms with Crippen molar-refractivity contribution < 1.29 is 14.7 Å². The Kier molecular flexibility index (Phi) is 2.83. The molecule has 0 saturated carbocycles. The van der Waals surface area contributed by atoms with E-state index in [9.17, 15) is 9.59 Å². The summed E-state index contributed by atoms with van der Waals surface area (Å²) in [4.78, 5) is 26.5. The smallest absolute Gasteiger partial charge is 0.320 e. The Morgan fingerprint density at radius 3 is 2.06 bits per heavy atom. The second-order valence-electron chi connectivity index (χ2n) is 6.97. The lowest BCUT2D eigenvalue weighted by Crippen LogP contribution is -2.66. The number of nitrogens with zero attached hydrogens (tertiary/aromatic N) is 2. The molecule has 0 atom stereocenters. The molecule has 0 bridgehead atoms.